The number of H-pyrrole nitrogens is 1. The Kier molecular flexibility index (Phi) is 4.01. The number of carbonyl (C=O) groups is 1. The molecule has 0 aliphatic rings. The third kappa shape index (κ3) is 2.86. The van der Waals surface area contributed by atoms with Crippen LogP contribution in [0.3, 0.4) is 0 Å². The van der Waals surface area contributed by atoms with Crippen LogP contribution in [0.5, 0.6) is 0 Å². The van der Waals surface area contributed by atoms with E-state index >= 15 is 0 Å². The predicted molar refractivity (Wildman–Crippen MR) is 101 cm³/mol. The Bertz CT molecular complexity index is 1140. The Hall–Kier alpha value is -3.41. The second-order valence-corrected chi connectivity index (χ2v) is 6.27. The zero-order chi connectivity index (χ0) is 18.1. The van der Waals surface area contributed by atoms with Crippen LogP contribution in [0.2, 0.25) is 0 Å². The van der Waals surface area contributed by atoms with Crippen LogP contribution in [0.1, 0.15) is 18.5 Å². The standard InChI is InChI=1S/C20H18N4O2/c1-13(14-7-3-2-4-8-14)22-18(25)12-24-20(26)19-16(11-21-24)15-9-5-6-10-17(15)23-19/h2-11,13,23H,12H2,1H3,(H,22,25)/t13-/m1/s1. The van der Waals surface area contributed by atoms with Gasteiger partial charge in [0.2, 0.25) is 5.91 Å². The van der Waals surface area contributed by atoms with Crippen molar-refractivity contribution < 1.29 is 4.79 Å². The lowest BCUT2D eigenvalue weighted by Gasteiger charge is -2.14. The normalized spacial score (nSPS) is 12.3. The molecule has 0 bridgehead atoms. The van der Waals surface area contributed by atoms with E-state index in [4.69, 9.17) is 0 Å². The molecule has 4 rings (SSSR count). The molecule has 0 radical (unpaired) electrons. The van der Waals surface area contributed by atoms with E-state index < -0.39 is 0 Å². The van der Waals surface area contributed by atoms with Crippen molar-refractivity contribution in [3.8, 4) is 0 Å². The molecule has 2 aromatic carbocycles. The maximum Gasteiger partial charge on any atom is 0.291 e. The highest BCUT2D eigenvalue weighted by atomic mass is 16.2. The molecule has 130 valence electrons. The topological polar surface area (TPSA) is 79.8 Å². The first-order valence-electron chi connectivity index (χ1n) is 8.44. The molecule has 0 saturated carbocycles. The maximum atomic E-state index is 12.7. The molecule has 0 aliphatic carbocycles. The summed E-state index contributed by atoms with van der Waals surface area (Å²) < 4.78 is 1.19. The SMILES string of the molecule is C[C@@H](NC(=O)Cn1ncc2c([nH]c3ccccc32)c1=O)c1ccccc1. The highest BCUT2D eigenvalue weighted by molar-refractivity contribution is 6.06. The highest BCUT2D eigenvalue weighted by Gasteiger charge is 2.14. The van der Waals surface area contributed by atoms with Gasteiger partial charge in [-0.15, -0.1) is 0 Å². The zero-order valence-electron chi connectivity index (χ0n) is 14.3. The Morgan fingerprint density at radius 1 is 1.12 bits per heavy atom. The molecule has 6 nitrogen and oxygen atoms in total. The number of fused-ring (bicyclic) bond motifs is 3. The van der Waals surface area contributed by atoms with Gasteiger partial charge >= 0.3 is 0 Å². The number of carbonyl (C=O) groups excluding carboxylic acids is 1. The van der Waals surface area contributed by atoms with Crippen molar-refractivity contribution in [3.05, 3.63) is 76.7 Å². The van der Waals surface area contributed by atoms with E-state index in [0.717, 1.165) is 21.9 Å². The molecular weight excluding hydrogens is 328 g/mol. The average Bonchev–Trinajstić information content (AvgIpc) is 3.04. The quantitative estimate of drug-likeness (QED) is 0.596. The minimum Gasteiger partial charge on any atom is -0.350 e. The Balaban J connectivity index is 1.59. The fourth-order valence-corrected chi connectivity index (χ4v) is 3.14. The van der Waals surface area contributed by atoms with Crippen LogP contribution in [0, 0.1) is 0 Å². The van der Waals surface area contributed by atoms with Gasteiger partial charge in [-0.2, -0.15) is 5.10 Å². The van der Waals surface area contributed by atoms with E-state index in [9.17, 15) is 9.59 Å². The van der Waals surface area contributed by atoms with Crippen LogP contribution in [-0.2, 0) is 11.3 Å². The Morgan fingerprint density at radius 2 is 1.85 bits per heavy atom. The summed E-state index contributed by atoms with van der Waals surface area (Å²) in [6, 6.07) is 17.2. The first-order valence-corrected chi connectivity index (χ1v) is 8.44. The molecule has 0 aliphatic heterocycles. The highest BCUT2D eigenvalue weighted by Crippen LogP contribution is 2.21. The van der Waals surface area contributed by atoms with Crippen molar-refractivity contribution in [1.29, 1.82) is 0 Å². The number of hydrogen-bond acceptors (Lipinski definition) is 3. The van der Waals surface area contributed by atoms with Gasteiger partial charge in [0.05, 0.1) is 12.2 Å². The summed E-state index contributed by atoms with van der Waals surface area (Å²) in [7, 11) is 0. The van der Waals surface area contributed by atoms with Gasteiger partial charge in [0.15, 0.2) is 0 Å². The van der Waals surface area contributed by atoms with Gasteiger partial charge in [0, 0.05) is 16.3 Å². The molecule has 1 amide bonds. The molecule has 0 fully saturated rings. The van der Waals surface area contributed by atoms with E-state index in [-0.39, 0.29) is 24.1 Å². The summed E-state index contributed by atoms with van der Waals surface area (Å²) >= 11 is 0. The fourth-order valence-electron chi connectivity index (χ4n) is 3.14. The van der Waals surface area contributed by atoms with E-state index in [2.05, 4.69) is 15.4 Å². The van der Waals surface area contributed by atoms with Crippen molar-refractivity contribution in [2.24, 2.45) is 0 Å². The summed E-state index contributed by atoms with van der Waals surface area (Å²) in [6.07, 6.45) is 1.63. The number of para-hydroxylation sites is 1. The van der Waals surface area contributed by atoms with Gasteiger partial charge in [0.25, 0.3) is 5.56 Å². The molecular formula is C20H18N4O2. The average molecular weight is 346 g/mol. The van der Waals surface area contributed by atoms with E-state index in [1.807, 2.05) is 61.5 Å². The summed E-state index contributed by atoms with van der Waals surface area (Å²) in [6.45, 7) is 1.78. The first kappa shape index (κ1) is 16.1. The van der Waals surface area contributed by atoms with Crippen molar-refractivity contribution in [1.82, 2.24) is 20.1 Å². The van der Waals surface area contributed by atoms with Crippen LogP contribution in [0.15, 0.2) is 65.6 Å². The lowest BCUT2D eigenvalue weighted by atomic mass is 10.1. The number of aromatic nitrogens is 3. The number of aromatic amines is 1. The van der Waals surface area contributed by atoms with Gasteiger partial charge in [-0.05, 0) is 18.6 Å². The van der Waals surface area contributed by atoms with Crippen molar-refractivity contribution >= 4 is 27.7 Å². The van der Waals surface area contributed by atoms with E-state index in [0.29, 0.717) is 5.52 Å². The van der Waals surface area contributed by atoms with Gasteiger partial charge in [-0.25, -0.2) is 4.68 Å². The zero-order valence-corrected chi connectivity index (χ0v) is 14.3. The second kappa shape index (κ2) is 6.48. The van der Waals surface area contributed by atoms with E-state index in [1.165, 1.54) is 4.68 Å². The van der Waals surface area contributed by atoms with Crippen LogP contribution in [0.4, 0.5) is 0 Å². The molecule has 26 heavy (non-hydrogen) atoms. The van der Waals surface area contributed by atoms with Crippen molar-refractivity contribution in [3.63, 3.8) is 0 Å². The molecule has 0 spiro atoms. The summed E-state index contributed by atoms with van der Waals surface area (Å²) in [5.41, 5.74) is 2.04. The monoisotopic (exact) mass is 346 g/mol. The molecule has 2 N–H and O–H groups in total. The Morgan fingerprint density at radius 3 is 2.65 bits per heavy atom. The number of amides is 1. The van der Waals surface area contributed by atoms with Gasteiger partial charge in [-0.1, -0.05) is 48.5 Å². The second-order valence-electron chi connectivity index (χ2n) is 6.27. The third-order valence-electron chi connectivity index (χ3n) is 4.49. The maximum absolute atomic E-state index is 12.7. The molecule has 6 heteroatoms. The third-order valence-corrected chi connectivity index (χ3v) is 4.49. The smallest absolute Gasteiger partial charge is 0.291 e. The number of hydrogen-bond donors (Lipinski definition) is 2. The molecule has 0 unspecified atom stereocenters. The fraction of sp³-hybridized carbons (Fsp3) is 0.150. The minimum absolute atomic E-state index is 0.124. The number of benzene rings is 2. The largest absolute Gasteiger partial charge is 0.350 e. The lowest BCUT2D eigenvalue weighted by molar-refractivity contribution is -0.122. The van der Waals surface area contributed by atoms with E-state index in [1.54, 1.807) is 6.20 Å². The molecule has 1 atom stereocenters. The van der Waals surface area contributed by atoms with Gasteiger partial charge in [-0.3, -0.25) is 9.59 Å². The van der Waals surface area contributed by atoms with Crippen molar-refractivity contribution in [2.75, 3.05) is 0 Å². The molecule has 4 aromatic rings. The molecule has 2 aromatic heterocycles. The summed E-state index contributed by atoms with van der Waals surface area (Å²) in [4.78, 5) is 28.1. The number of rotatable bonds is 4. The van der Waals surface area contributed by atoms with Crippen LogP contribution in [0.25, 0.3) is 21.8 Å². The molecule has 0 saturated heterocycles. The first-order chi connectivity index (χ1) is 12.6. The van der Waals surface area contributed by atoms with Gasteiger partial charge in [0.1, 0.15) is 12.1 Å². The van der Waals surface area contributed by atoms with Crippen LogP contribution >= 0.6 is 0 Å². The Labute approximate surface area is 149 Å². The minimum atomic E-state index is -0.304. The predicted octanol–water partition coefficient (Wildman–Crippen LogP) is 2.76. The number of nitrogens with one attached hydrogen (secondary N) is 2. The summed E-state index contributed by atoms with van der Waals surface area (Å²) in [5, 5.41) is 8.78. The van der Waals surface area contributed by atoms with Crippen LogP contribution < -0.4 is 10.9 Å². The molecule has 2 heterocycles. The lowest BCUT2D eigenvalue weighted by Crippen LogP contribution is -2.34. The number of nitrogens with zero attached hydrogens (tertiary/aromatic N) is 2. The van der Waals surface area contributed by atoms with Crippen LogP contribution in [-0.4, -0.2) is 20.7 Å². The van der Waals surface area contributed by atoms with Gasteiger partial charge < -0.3 is 10.3 Å². The van der Waals surface area contributed by atoms with Crippen molar-refractivity contribution in [2.45, 2.75) is 19.5 Å². The summed E-state index contributed by atoms with van der Waals surface area (Å²) in [5.74, 6) is -0.258.